The van der Waals surface area contributed by atoms with E-state index in [1.807, 2.05) is 66.7 Å². The molecule has 0 bridgehead atoms. The first-order valence-corrected chi connectivity index (χ1v) is 9.04. The number of hydrogen-bond acceptors (Lipinski definition) is 2. The van der Waals surface area contributed by atoms with E-state index in [0.717, 1.165) is 23.2 Å². The van der Waals surface area contributed by atoms with Crippen molar-refractivity contribution in [1.82, 2.24) is 5.32 Å². The smallest absolute Gasteiger partial charge is 0.251 e. The largest absolute Gasteiger partial charge is 0.343 e. The van der Waals surface area contributed by atoms with E-state index >= 15 is 0 Å². The van der Waals surface area contributed by atoms with Crippen LogP contribution in [-0.4, -0.2) is 24.9 Å². The van der Waals surface area contributed by atoms with Gasteiger partial charge in [0.25, 0.3) is 5.91 Å². The van der Waals surface area contributed by atoms with Gasteiger partial charge in [-0.25, -0.2) is 0 Å². The second-order valence-corrected chi connectivity index (χ2v) is 6.55. The van der Waals surface area contributed by atoms with E-state index in [1.165, 1.54) is 5.56 Å². The molecule has 134 valence electrons. The molecule has 0 saturated carbocycles. The third-order valence-corrected chi connectivity index (χ3v) is 4.84. The number of nitrogens with one attached hydrogen (secondary N) is 1. The van der Waals surface area contributed by atoms with E-state index in [1.54, 1.807) is 17.0 Å². The van der Waals surface area contributed by atoms with Crippen LogP contribution in [0.1, 0.15) is 15.9 Å². The van der Waals surface area contributed by atoms with Gasteiger partial charge in [-0.15, -0.1) is 0 Å². The van der Waals surface area contributed by atoms with E-state index in [9.17, 15) is 9.59 Å². The van der Waals surface area contributed by atoms with Crippen LogP contribution in [0.5, 0.6) is 0 Å². The van der Waals surface area contributed by atoms with Gasteiger partial charge >= 0.3 is 0 Å². The molecule has 0 fully saturated rings. The van der Waals surface area contributed by atoms with Gasteiger partial charge < -0.3 is 10.2 Å². The first kappa shape index (κ1) is 17.0. The summed E-state index contributed by atoms with van der Waals surface area (Å²) in [5.74, 6) is -0.329. The van der Waals surface area contributed by atoms with E-state index in [4.69, 9.17) is 0 Å². The maximum Gasteiger partial charge on any atom is 0.251 e. The number of fused-ring (bicyclic) bond motifs is 1. The van der Waals surface area contributed by atoms with Crippen molar-refractivity contribution >= 4 is 17.5 Å². The predicted octanol–water partition coefficient (Wildman–Crippen LogP) is 3.67. The van der Waals surface area contributed by atoms with Crippen molar-refractivity contribution < 1.29 is 9.59 Å². The Morgan fingerprint density at radius 3 is 2.26 bits per heavy atom. The summed E-state index contributed by atoms with van der Waals surface area (Å²) in [7, 11) is 0. The van der Waals surface area contributed by atoms with E-state index in [0.29, 0.717) is 12.1 Å². The lowest BCUT2D eigenvalue weighted by molar-refractivity contribution is -0.117. The highest BCUT2D eigenvalue weighted by Gasteiger charge is 2.24. The Hall–Kier alpha value is -3.40. The van der Waals surface area contributed by atoms with Gasteiger partial charge in [-0.2, -0.15) is 0 Å². The van der Waals surface area contributed by atoms with E-state index in [2.05, 4.69) is 5.32 Å². The molecular weight excluding hydrogens is 336 g/mol. The topological polar surface area (TPSA) is 49.4 Å². The second-order valence-electron chi connectivity index (χ2n) is 6.55. The molecule has 3 aromatic rings. The number of rotatable bonds is 4. The van der Waals surface area contributed by atoms with Crippen molar-refractivity contribution in [3.63, 3.8) is 0 Å². The summed E-state index contributed by atoms with van der Waals surface area (Å²) in [6.45, 7) is 0.660. The second kappa shape index (κ2) is 7.46. The fourth-order valence-corrected chi connectivity index (χ4v) is 3.40. The van der Waals surface area contributed by atoms with Gasteiger partial charge in [0, 0.05) is 17.8 Å². The predicted molar refractivity (Wildman–Crippen MR) is 107 cm³/mol. The minimum Gasteiger partial charge on any atom is -0.343 e. The summed E-state index contributed by atoms with van der Waals surface area (Å²) in [5.41, 5.74) is 4.83. The molecule has 2 amide bonds. The Balaban J connectivity index is 1.38. The lowest BCUT2D eigenvalue weighted by Crippen LogP contribution is -2.39. The normalized spacial score (nSPS) is 12.5. The molecular formula is C23H20N2O2. The molecule has 4 nitrogen and oxygen atoms in total. The van der Waals surface area contributed by atoms with Crippen LogP contribution in [0.25, 0.3) is 11.1 Å². The third-order valence-electron chi connectivity index (χ3n) is 4.84. The van der Waals surface area contributed by atoms with Crippen molar-refractivity contribution in [2.24, 2.45) is 0 Å². The third kappa shape index (κ3) is 3.60. The Morgan fingerprint density at radius 2 is 1.48 bits per heavy atom. The van der Waals surface area contributed by atoms with Crippen LogP contribution in [0.4, 0.5) is 5.69 Å². The molecule has 0 atom stereocenters. The molecule has 0 aromatic heterocycles. The molecule has 1 heterocycles. The minimum absolute atomic E-state index is 0.00634. The monoisotopic (exact) mass is 356 g/mol. The highest BCUT2D eigenvalue weighted by Crippen LogP contribution is 2.27. The molecule has 1 N–H and O–H groups in total. The number of para-hydroxylation sites is 1. The summed E-state index contributed by atoms with van der Waals surface area (Å²) in [6, 6.07) is 25.3. The Bertz CT molecular complexity index is 965. The van der Waals surface area contributed by atoms with Crippen LogP contribution >= 0.6 is 0 Å². The highest BCUT2D eigenvalue weighted by atomic mass is 16.2. The molecule has 3 aromatic carbocycles. The zero-order valence-corrected chi connectivity index (χ0v) is 14.9. The molecule has 4 heteroatoms. The van der Waals surface area contributed by atoms with Crippen LogP contribution < -0.4 is 10.2 Å². The van der Waals surface area contributed by atoms with Crippen molar-refractivity contribution in [2.45, 2.75) is 6.42 Å². The number of carbonyl (C=O) groups is 2. The quantitative estimate of drug-likeness (QED) is 0.775. The van der Waals surface area contributed by atoms with Gasteiger partial charge in [-0.1, -0.05) is 60.7 Å². The van der Waals surface area contributed by atoms with Crippen molar-refractivity contribution in [1.29, 1.82) is 0 Å². The van der Waals surface area contributed by atoms with E-state index in [-0.39, 0.29) is 18.4 Å². The maximum atomic E-state index is 12.5. The standard InChI is InChI=1S/C23H20N2O2/c26-22(25-15-14-19-8-4-5-9-21(19)25)16-24-23(27)20-12-10-18(11-13-20)17-6-2-1-3-7-17/h1-13H,14-16H2,(H,24,27). The number of benzene rings is 3. The molecule has 27 heavy (non-hydrogen) atoms. The SMILES string of the molecule is O=C(NCC(=O)N1CCc2ccccc21)c1ccc(-c2ccccc2)cc1. The van der Waals surface area contributed by atoms with E-state index < -0.39 is 0 Å². The molecule has 0 unspecified atom stereocenters. The van der Waals surface area contributed by atoms with Crippen LogP contribution in [0, 0.1) is 0 Å². The number of carbonyl (C=O) groups excluding carboxylic acids is 2. The number of anilines is 1. The van der Waals surface area contributed by atoms with Crippen LogP contribution in [0.15, 0.2) is 78.9 Å². The first-order chi connectivity index (χ1) is 13.2. The van der Waals surface area contributed by atoms with Gasteiger partial charge in [-0.05, 0) is 41.3 Å². The summed E-state index contributed by atoms with van der Waals surface area (Å²) in [5, 5.41) is 2.74. The molecule has 0 aliphatic carbocycles. The molecule has 0 radical (unpaired) electrons. The molecule has 0 spiro atoms. The summed E-state index contributed by atoms with van der Waals surface area (Å²) in [4.78, 5) is 26.6. The van der Waals surface area contributed by atoms with Gasteiger partial charge in [0.2, 0.25) is 5.91 Å². The average Bonchev–Trinajstić information content (AvgIpc) is 3.17. The lowest BCUT2D eigenvalue weighted by atomic mass is 10.0. The molecule has 0 saturated heterocycles. The van der Waals surface area contributed by atoms with Crippen LogP contribution in [0.2, 0.25) is 0 Å². The number of amides is 2. The fourth-order valence-electron chi connectivity index (χ4n) is 3.40. The summed E-state index contributed by atoms with van der Waals surface area (Å²) >= 11 is 0. The molecule has 1 aliphatic heterocycles. The lowest BCUT2D eigenvalue weighted by Gasteiger charge is -2.17. The fraction of sp³-hybridized carbons (Fsp3) is 0.130. The first-order valence-electron chi connectivity index (χ1n) is 9.04. The Kier molecular flexibility index (Phi) is 4.71. The number of nitrogens with zero attached hydrogens (tertiary/aromatic N) is 1. The van der Waals surface area contributed by atoms with Gasteiger partial charge in [-0.3, -0.25) is 9.59 Å². The minimum atomic E-state index is -0.240. The summed E-state index contributed by atoms with van der Waals surface area (Å²) < 4.78 is 0. The Labute approximate surface area is 158 Å². The van der Waals surface area contributed by atoms with Gasteiger partial charge in [0.1, 0.15) is 0 Å². The maximum absolute atomic E-state index is 12.5. The molecule has 4 rings (SSSR count). The van der Waals surface area contributed by atoms with Gasteiger partial charge in [0.15, 0.2) is 0 Å². The Morgan fingerprint density at radius 1 is 0.815 bits per heavy atom. The summed E-state index contributed by atoms with van der Waals surface area (Å²) in [6.07, 6.45) is 0.858. The van der Waals surface area contributed by atoms with Crippen LogP contribution in [-0.2, 0) is 11.2 Å². The van der Waals surface area contributed by atoms with Gasteiger partial charge in [0.05, 0.1) is 6.54 Å². The number of hydrogen-bond donors (Lipinski definition) is 1. The highest BCUT2D eigenvalue weighted by molar-refractivity contribution is 6.01. The van der Waals surface area contributed by atoms with Crippen molar-refractivity contribution in [3.05, 3.63) is 90.0 Å². The average molecular weight is 356 g/mol. The van der Waals surface area contributed by atoms with Crippen LogP contribution in [0.3, 0.4) is 0 Å². The molecule has 1 aliphatic rings. The van der Waals surface area contributed by atoms with Crippen molar-refractivity contribution in [3.8, 4) is 11.1 Å². The van der Waals surface area contributed by atoms with Crippen molar-refractivity contribution in [2.75, 3.05) is 18.0 Å². The zero-order valence-electron chi connectivity index (χ0n) is 14.9. The zero-order chi connectivity index (χ0) is 18.6.